The van der Waals surface area contributed by atoms with Crippen LogP contribution < -0.4 is 10.6 Å². The van der Waals surface area contributed by atoms with Gasteiger partial charge in [-0.1, -0.05) is 38.1 Å². The molecular weight excluding hydrogens is 470 g/mol. The first-order chi connectivity index (χ1) is 17.4. The standard InChI is InChI=1S/C28H41N5O4/c1-18(2)25(32-24(34)14-22-15-29-17-30-22)27(36)33-16-21-11-7-6-10-20(21)13-23(33)26(35)31-19(3)9-8-12-28(4,5)37/h6-7,10-11,15,17-19,23,25,37H,8-9,12-14,16H2,1-5H3,(H,29,30)(H,31,35)(H,32,34)/t19?,23-,25-/m0/s1. The van der Waals surface area contributed by atoms with Crippen molar-refractivity contribution in [1.82, 2.24) is 25.5 Å². The van der Waals surface area contributed by atoms with E-state index in [1.165, 1.54) is 6.33 Å². The van der Waals surface area contributed by atoms with Gasteiger partial charge in [0.25, 0.3) is 0 Å². The molecule has 3 amide bonds. The third kappa shape index (κ3) is 8.15. The minimum Gasteiger partial charge on any atom is -0.390 e. The molecule has 0 aliphatic carbocycles. The van der Waals surface area contributed by atoms with E-state index in [4.69, 9.17) is 0 Å². The summed E-state index contributed by atoms with van der Waals surface area (Å²) >= 11 is 0. The fraction of sp³-hybridized carbons (Fsp3) is 0.571. The van der Waals surface area contributed by atoms with Crippen molar-refractivity contribution < 1.29 is 19.5 Å². The van der Waals surface area contributed by atoms with E-state index < -0.39 is 17.7 Å². The van der Waals surface area contributed by atoms with Gasteiger partial charge in [0.05, 0.1) is 18.3 Å². The molecule has 9 heteroatoms. The summed E-state index contributed by atoms with van der Waals surface area (Å²) in [6, 6.07) is 6.31. The Morgan fingerprint density at radius 2 is 1.86 bits per heavy atom. The summed E-state index contributed by atoms with van der Waals surface area (Å²) in [5.74, 6) is -0.919. The van der Waals surface area contributed by atoms with E-state index in [9.17, 15) is 19.5 Å². The molecule has 1 aliphatic rings. The van der Waals surface area contributed by atoms with Gasteiger partial charge in [-0.25, -0.2) is 4.98 Å². The van der Waals surface area contributed by atoms with Gasteiger partial charge < -0.3 is 25.6 Å². The number of rotatable bonds is 11. The van der Waals surface area contributed by atoms with E-state index in [1.54, 1.807) is 24.9 Å². The van der Waals surface area contributed by atoms with Crippen LogP contribution in [0, 0.1) is 5.92 Å². The number of benzene rings is 1. The van der Waals surface area contributed by atoms with Gasteiger partial charge in [-0.05, 0) is 57.1 Å². The van der Waals surface area contributed by atoms with Crippen LogP contribution in [0.4, 0.5) is 0 Å². The van der Waals surface area contributed by atoms with Crippen molar-refractivity contribution in [3.8, 4) is 0 Å². The molecular formula is C28H41N5O4. The molecule has 4 N–H and O–H groups in total. The van der Waals surface area contributed by atoms with Crippen LogP contribution in [0.2, 0.25) is 0 Å². The lowest BCUT2D eigenvalue weighted by Crippen LogP contribution is -2.59. The first kappa shape index (κ1) is 28.4. The number of aromatic amines is 1. The monoisotopic (exact) mass is 511 g/mol. The Labute approximate surface area is 219 Å². The van der Waals surface area contributed by atoms with Gasteiger partial charge >= 0.3 is 0 Å². The smallest absolute Gasteiger partial charge is 0.246 e. The molecule has 2 aromatic rings. The second-order valence-corrected chi connectivity index (χ2v) is 11.1. The number of imidazole rings is 1. The Hall–Kier alpha value is -3.20. The van der Waals surface area contributed by atoms with E-state index >= 15 is 0 Å². The molecule has 202 valence electrons. The second-order valence-electron chi connectivity index (χ2n) is 11.1. The van der Waals surface area contributed by atoms with E-state index in [-0.39, 0.29) is 36.1 Å². The van der Waals surface area contributed by atoms with E-state index in [1.807, 2.05) is 45.0 Å². The molecule has 0 saturated heterocycles. The summed E-state index contributed by atoms with van der Waals surface area (Å²) in [6.07, 6.45) is 5.74. The summed E-state index contributed by atoms with van der Waals surface area (Å²) in [6.45, 7) is 9.57. The normalized spacial score (nSPS) is 17.2. The number of amides is 3. The number of fused-ring (bicyclic) bond motifs is 1. The van der Waals surface area contributed by atoms with Gasteiger partial charge in [-0.15, -0.1) is 0 Å². The maximum atomic E-state index is 13.9. The van der Waals surface area contributed by atoms with Crippen molar-refractivity contribution in [3.05, 3.63) is 53.6 Å². The first-order valence-corrected chi connectivity index (χ1v) is 13.1. The summed E-state index contributed by atoms with van der Waals surface area (Å²) in [5, 5.41) is 15.9. The van der Waals surface area contributed by atoms with Crippen molar-refractivity contribution in [1.29, 1.82) is 0 Å². The molecule has 0 saturated carbocycles. The Morgan fingerprint density at radius 1 is 1.16 bits per heavy atom. The topological polar surface area (TPSA) is 127 Å². The maximum Gasteiger partial charge on any atom is 0.246 e. The van der Waals surface area contributed by atoms with Crippen LogP contribution in [-0.4, -0.2) is 61.4 Å². The van der Waals surface area contributed by atoms with Crippen LogP contribution in [0.1, 0.15) is 70.7 Å². The van der Waals surface area contributed by atoms with Crippen LogP contribution in [0.3, 0.4) is 0 Å². The highest BCUT2D eigenvalue weighted by Gasteiger charge is 2.39. The number of H-pyrrole nitrogens is 1. The number of carbonyl (C=O) groups excluding carboxylic acids is 3. The summed E-state index contributed by atoms with van der Waals surface area (Å²) < 4.78 is 0. The maximum absolute atomic E-state index is 13.9. The summed E-state index contributed by atoms with van der Waals surface area (Å²) in [7, 11) is 0. The Kier molecular flexibility index (Phi) is 9.48. The highest BCUT2D eigenvalue weighted by Crippen LogP contribution is 2.25. The van der Waals surface area contributed by atoms with Crippen molar-refractivity contribution in [2.24, 2.45) is 5.92 Å². The number of hydrogen-bond acceptors (Lipinski definition) is 5. The van der Waals surface area contributed by atoms with Crippen molar-refractivity contribution in [2.75, 3.05) is 0 Å². The Morgan fingerprint density at radius 3 is 2.49 bits per heavy atom. The second kappa shape index (κ2) is 12.4. The van der Waals surface area contributed by atoms with Gasteiger partial charge in [0.15, 0.2) is 0 Å². The Bertz CT molecular complexity index is 1060. The van der Waals surface area contributed by atoms with Gasteiger partial charge in [-0.3, -0.25) is 14.4 Å². The van der Waals surface area contributed by atoms with Gasteiger partial charge in [0.1, 0.15) is 12.1 Å². The molecule has 1 aliphatic heterocycles. The molecule has 1 aromatic carbocycles. The molecule has 37 heavy (non-hydrogen) atoms. The zero-order valence-electron chi connectivity index (χ0n) is 22.6. The average molecular weight is 512 g/mol. The lowest BCUT2D eigenvalue weighted by atomic mass is 9.91. The predicted molar refractivity (Wildman–Crippen MR) is 141 cm³/mol. The quantitative estimate of drug-likeness (QED) is 0.369. The zero-order chi connectivity index (χ0) is 27.2. The van der Waals surface area contributed by atoms with Crippen molar-refractivity contribution >= 4 is 17.7 Å². The zero-order valence-corrected chi connectivity index (χ0v) is 22.6. The van der Waals surface area contributed by atoms with Crippen LogP contribution in [-0.2, 0) is 33.8 Å². The molecule has 1 unspecified atom stereocenters. The van der Waals surface area contributed by atoms with Crippen LogP contribution in [0.5, 0.6) is 0 Å². The molecule has 1 aromatic heterocycles. The molecule has 0 bridgehead atoms. The van der Waals surface area contributed by atoms with Crippen molar-refractivity contribution in [2.45, 2.75) is 97.0 Å². The van der Waals surface area contributed by atoms with Crippen LogP contribution in [0.15, 0.2) is 36.8 Å². The average Bonchev–Trinajstić information content (AvgIpc) is 3.33. The van der Waals surface area contributed by atoms with Crippen LogP contribution >= 0.6 is 0 Å². The number of carbonyl (C=O) groups is 3. The summed E-state index contributed by atoms with van der Waals surface area (Å²) in [5.41, 5.74) is 1.97. The highest BCUT2D eigenvalue weighted by atomic mass is 16.3. The molecule has 3 rings (SSSR count). The lowest BCUT2D eigenvalue weighted by molar-refractivity contribution is -0.145. The number of hydrogen-bond donors (Lipinski definition) is 4. The molecule has 2 heterocycles. The largest absolute Gasteiger partial charge is 0.390 e. The predicted octanol–water partition coefficient (Wildman–Crippen LogP) is 2.49. The number of aliphatic hydroxyl groups is 1. The third-order valence-electron chi connectivity index (χ3n) is 6.80. The highest BCUT2D eigenvalue weighted by molar-refractivity contribution is 5.93. The van der Waals surface area contributed by atoms with Gasteiger partial charge in [0, 0.05) is 30.9 Å². The van der Waals surface area contributed by atoms with Crippen LogP contribution in [0.25, 0.3) is 0 Å². The van der Waals surface area contributed by atoms with Gasteiger partial charge in [0.2, 0.25) is 17.7 Å². The number of nitrogens with zero attached hydrogens (tertiary/aromatic N) is 2. The minimum atomic E-state index is -0.764. The Balaban J connectivity index is 1.75. The van der Waals surface area contributed by atoms with Gasteiger partial charge in [-0.2, -0.15) is 0 Å². The van der Waals surface area contributed by atoms with Crippen molar-refractivity contribution in [3.63, 3.8) is 0 Å². The third-order valence-corrected chi connectivity index (χ3v) is 6.80. The fourth-order valence-electron chi connectivity index (χ4n) is 4.71. The molecule has 0 fully saturated rings. The molecule has 9 nitrogen and oxygen atoms in total. The molecule has 0 radical (unpaired) electrons. The van der Waals surface area contributed by atoms with E-state index in [2.05, 4.69) is 20.6 Å². The SMILES string of the molecule is CC(CCCC(C)(C)O)NC(=O)[C@@H]1Cc2ccccc2CN1C(=O)[C@@H](NC(=O)Cc1cnc[nH]1)C(C)C. The minimum absolute atomic E-state index is 0.0887. The molecule has 0 spiro atoms. The number of nitrogens with one attached hydrogen (secondary N) is 3. The number of aromatic nitrogens is 2. The molecule has 3 atom stereocenters. The first-order valence-electron chi connectivity index (χ1n) is 13.1. The van der Waals surface area contributed by atoms with E-state index in [0.717, 1.165) is 24.0 Å². The van der Waals surface area contributed by atoms with E-state index in [0.29, 0.717) is 25.1 Å². The fourth-order valence-corrected chi connectivity index (χ4v) is 4.71. The summed E-state index contributed by atoms with van der Waals surface area (Å²) in [4.78, 5) is 48.5. The lowest BCUT2D eigenvalue weighted by Gasteiger charge is -2.39.